The summed E-state index contributed by atoms with van der Waals surface area (Å²) in [4.78, 5) is 11.4. The molecule has 1 atom stereocenters. The Kier molecular flexibility index (Phi) is 12.3. The van der Waals surface area contributed by atoms with Crippen molar-refractivity contribution in [2.45, 2.75) is 59.3 Å². The zero-order valence-corrected chi connectivity index (χ0v) is 17.2. The zero-order valence-electron chi connectivity index (χ0n) is 15.4. The molecule has 0 unspecified atom stereocenters. The Balaban J connectivity index is 5.89. The molecule has 0 aromatic rings. The first-order valence-corrected chi connectivity index (χ1v) is 11.8. The van der Waals surface area contributed by atoms with Crippen LogP contribution in [0.2, 0.25) is 0 Å². The van der Waals surface area contributed by atoms with Gasteiger partial charge in [0.1, 0.15) is 6.29 Å². The van der Waals surface area contributed by atoms with Crippen LogP contribution in [-0.4, -0.2) is 38.1 Å². The van der Waals surface area contributed by atoms with Gasteiger partial charge in [0, 0.05) is 5.92 Å². The standard InChI is InChI=1S/C15H32O7P2/c1-6-11-14(13-16)12-15(23(17,19-7-2)20-8-3)24(18,21-9-4)22-10-5/h13-15H,6-12H2,1-5H3/t14-/m0/s1. The van der Waals surface area contributed by atoms with Gasteiger partial charge in [0.15, 0.2) is 5.40 Å². The van der Waals surface area contributed by atoms with Crippen molar-refractivity contribution >= 4 is 21.5 Å². The average Bonchev–Trinajstić information content (AvgIpc) is 2.52. The Morgan fingerprint density at radius 1 is 0.792 bits per heavy atom. The van der Waals surface area contributed by atoms with Gasteiger partial charge in [-0.2, -0.15) is 0 Å². The van der Waals surface area contributed by atoms with Crippen LogP contribution in [0, 0.1) is 5.92 Å². The molecule has 0 N–H and O–H groups in total. The quantitative estimate of drug-likeness (QED) is 0.294. The van der Waals surface area contributed by atoms with Gasteiger partial charge in [0.25, 0.3) is 0 Å². The molecule has 0 saturated carbocycles. The molecule has 0 bridgehead atoms. The van der Waals surface area contributed by atoms with Gasteiger partial charge in [-0.15, -0.1) is 0 Å². The minimum atomic E-state index is -3.77. The van der Waals surface area contributed by atoms with Crippen molar-refractivity contribution in [1.82, 2.24) is 0 Å². The van der Waals surface area contributed by atoms with Crippen LogP contribution in [0.5, 0.6) is 0 Å². The summed E-state index contributed by atoms with van der Waals surface area (Å²) in [5.74, 6) is -0.413. The fourth-order valence-corrected chi connectivity index (χ4v) is 7.97. The first kappa shape index (κ1) is 24.0. The third kappa shape index (κ3) is 7.07. The predicted octanol–water partition coefficient (Wildman–Crippen LogP) is 4.85. The molecule has 144 valence electrons. The van der Waals surface area contributed by atoms with Crippen LogP contribution in [0.1, 0.15) is 53.9 Å². The third-order valence-electron chi connectivity index (χ3n) is 3.33. The second-order valence-electron chi connectivity index (χ2n) is 5.15. The molecule has 0 aliphatic carbocycles. The summed E-state index contributed by atoms with van der Waals surface area (Å²) in [5.41, 5.74) is 0. The number of rotatable bonds is 15. The van der Waals surface area contributed by atoms with Crippen molar-refractivity contribution < 1.29 is 32.0 Å². The van der Waals surface area contributed by atoms with Gasteiger partial charge in [0.2, 0.25) is 0 Å². The van der Waals surface area contributed by atoms with Crippen LogP contribution in [-0.2, 0) is 32.0 Å². The van der Waals surface area contributed by atoms with E-state index in [1.807, 2.05) is 6.92 Å². The lowest BCUT2D eigenvalue weighted by atomic mass is 10.0. The Bertz CT molecular complexity index is 392. The first-order chi connectivity index (χ1) is 11.4. The molecule has 0 aromatic carbocycles. The van der Waals surface area contributed by atoms with E-state index in [-0.39, 0.29) is 32.8 Å². The van der Waals surface area contributed by atoms with Crippen LogP contribution in [0.3, 0.4) is 0 Å². The Labute approximate surface area is 145 Å². The highest BCUT2D eigenvalue weighted by atomic mass is 31.2. The van der Waals surface area contributed by atoms with Crippen LogP contribution in [0.4, 0.5) is 0 Å². The van der Waals surface area contributed by atoms with Crippen molar-refractivity contribution in [2.24, 2.45) is 5.92 Å². The summed E-state index contributed by atoms with van der Waals surface area (Å²) in [7, 11) is -7.55. The summed E-state index contributed by atoms with van der Waals surface area (Å²) in [6.07, 6.45) is 2.24. The van der Waals surface area contributed by atoms with E-state index in [4.69, 9.17) is 18.1 Å². The van der Waals surface area contributed by atoms with Gasteiger partial charge in [-0.05, 0) is 40.5 Å². The number of hydrogen-bond acceptors (Lipinski definition) is 7. The fraction of sp³-hybridized carbons (Fsp3) is 0.933. The van der Waals surface area contributed by atoms with E-state index < -0.39 is 26.5 Å². The minimum absolute atomic E-state index is 0.0753. The Hall–Kier alpha value is -0.0300. The Morgan fingerprint density at radius 3 is 1.42 bits per heavy atom. The maximum absolute atomic E-state index is 13.3. The normalized spacial score (nSPS) is 14.1. The van der Waals surface area contributed by atoms with Crippen LogP contribution in [0.15, 0.2) is 0 Å². The lowest BCUT2D eigenvalue weighted by Gasteiger charge is -2.32. The minimum Gasteiger partial charge on any atom is -0.308 e. The number of carbonyl (C=O) groups is 1. The summed E-state index contributed by atoms with van der Waals surface area (Å²) in [6, 6.07) is 0. The van der Waals surface area contributed by atoms with Crippen molar-refractivity contribution in [1.29, 1.82) is 0 Å². The highest BCUT2D eigenvalue weighted by Gasteiger charge is 2.51. The van der Waals surface area contributed by atoms with Crippen molar-refractivity contribution in [3.63, 3.8) is 0 Å². The average molecular weight is 386 g/mol. The van der Waals surface area contributed by atoms with Crippen LogP contribution in [0.25, 0.3) is 0 Å². The molecule has 0 radical (unpaired) electrons. The number of aldehydes is 1. The highest BCUT2D eigenvalue weighted by molar-refractivity contribution is 7.72. The van der Waals surface area contributed by atoms with Crippen molar-refractivity contribution in [3.8, 4) is 0 Å². The van der Waals surface area contributed by atoms with Crippen LogP contribution >= 0.6 is 15.2 Å². The molecule has 0 aliphatic heterocycles. The van der Waals surface area contributed by atoms with Gasteiger partial charge < -0.3 is 22.9 Å². The molecule has 0 heterocycles. The molecule has 0 aromatic heterocycles. The van der Waals surface area contributed by atoms with Gasteiger partial charge in [-0.3, -0.25) is 9.13 Å². The Morgan fingerprint density at radius 2 is 1.17 bits per heavy atom. The SMILES string of the molecule is CCC[C@H](C=O)CC(P(=O)(OCC)OCC)P(=O)(OCC)OCC. The number of carbonyl (C=O) groups excluding carboxylic acids is 1. The topological polar surface area (TPSA) is 88.1 Å². The van der Waals surface area contributed by atoms with E-state index in [1.54, 1.807) is 27.7 Å². The zero-order chi connectivity index (χ0) is 18.6. The van der Waals surface area contributed by atoms with E-state index in [1.165, 1.54) is 0 Å². The van der Waals surface area contributed by atoms with Crippen molar-refractivity contribution in [2.75, 3.05) is 26.4 Å². The molecule has 24 heavy (non-hydrogen) atoms. The maximum atomic E-state index is 13.3. The van der Waals surface area contributed by atoms with E-state index >= 15 is 0 Å². The van der Waals surface area contributed by atoms with Gasteiger partial charge >= 0.3 is 15.2 Å². The lowest BCUT2D eigenvalue weighted by Crippen LogP contribution is -2.21. The second kappa shape index (κ2) is 12.3. The van der Waals surface area contributed by atoms with Gasteiger partial charge in [0.05, 0.1) is 26.4 Å². The van der Waals surface area contributed by atoms with Crippen molar-refractivity contribution in [3.05, 3.63) is 0 Å². The second-order valence-corrected chi connectivity index (χ2v) is 10.00. The summed E-state index contributed by atoms with van der Waals surface area (Å²) < 4.78 is 48.1. The smallest absolute Gasteiger partial charge is 0.308 e. The molecule has 0 rings (SSSR count). The van der Waals surface area contributed by atoms with E-state index in [0.29, 0.717) is 6.42 Å². The molecule has 0 amide bonds. The molecule has 0 fully saturated rings. The molecular formula is C15H32O7P2. The van der Waals surface area contributed by atoms with E-state index in [0.717, 1.165) is 12.7 Å². The summed E-state index contributed by atoms with van der Waals surface area (Å²) in [6.45, 7) is 9.18. The largest absolute Gasteiger partial charge is 0.345 e. The highest BCUT2D eigenvalue weighted by Crippen LogP contribution is 2.72. The molecular weight excluding hydrogens is 354 g/mol. The van der Waals surface area contributed by atoms with E-state index in [2.05, 4.69) is 0 Å². The monoisotopic (exact) mass is 386 g/mol. The molecule has 7 nitrogen and oxygen atoms in total. The maximum Gasteiger partial charge on any atom is 0.345 e. The third-order valence-corrected chi connectivity index (χ3v) is 9.38. The lowest BCUT2D eigenvalue weighted by molar-refractivity contribution is -0.111. The molecule has 0 aliphatic rings. The predicted molar refractivity (Wildman–Crippen MR) is 94.6 cm³/mol. The molecule has 0 saturated heterocycles. The molecule has 9 heteroatoms. The van der Waals surface area contributed by atoms with Gasteiger partial charge in [-0.25, -0.2) is 0 Å². The fourth-order valence-electron chi connectivity index (χ4n) is 2.45. The summed E-state index contributed by atoms with van der Waals surface area (Å²) in [5, 5.41) is -1.12. The molecule has 0 spiro atoms. The first-order valence-electron chi connectivity index (χ1n) is 8.60. The van der Waals surface area contributed by atoms with Gasteiger partial charge in [-0.1, -0.05) is 13.3 Å². The number of hydrogen-bond donors (Lipinski definition) is 0. The summed E-state index contributed by atoms with van der Waals surface area (Å²) >= 11 is 0. The van der Waals surface area contributed by atoms with E-state index in [9.17, 15) is 13.9 Å². The van der Waals surface area contributed by atoms with Crippen LogP contribution < -0.4 is 0 Å².